The van der Waals surface area contributed by atoms with Gasteiger partial charge >= 0.3 is 5.56 Å². The van der Waals surface area contributed by atoms with Gasteiger partial charge in [-0.15, -0.1) is 10.2 Å². The Morgan fingerprint density at radius 1 is 0.941 bits per heavy atom. The summed E-state index contributed by atoms with van der Waals surface area (Å²) < 4.78 is 16.5. The van der Waals surface area contributed by atoms with E-state index in [1.165, 1.54) is 22.3 Å². The molecule has 0 radical (unpaired) electrons. The Kier molecular flexibility index (Phi) is 6.18. The summed E-state index contributed by atoms with van der Waals surface area (Å²) in [6.45, 7) is 3.97. The number of piperazine rings is 1. The number of halogens is 1. The first-order valence-corrected chi connectivity index (χ1v) is 11.3. The van der Waals surface area contributed by atoms with E-state index in [1.807, 2.05) is 23.1 Å². The van der Waals surface area contributed by atoms with Gasteiger partial charge < -0.3 is 4.90 Å². The number of fused-ring (bicyclic) bond motifs is 1. The van der Waals surface area contributed by atoms with E-state index in [9.17, 15) is 14.0 Å². The minimum absolute atomic E-state index is 0.0733. The normalized spacial score (nSPS) is 14.6. The molecule has 0 spiro atoms. The molecular formula is C25H25FN6O2. The number of nitrogens with zero attached hydrogens (tertiary/aromatic N) is 6. The summed E-state index contributed by atoms with van der Waals surface area (Å²) in [6, 6.07) is 16.1. The maximum atomic E-state index is 13.6. The van der Waals surface area contributed by atoms with Gasteiger partial charge in [-0.1, -0.05) is 36.4 Å². The summed E-state index contributed by atoms with van der Waals surface area (Å²) in [5.41, 5.74) is 1.44. The van der Waals surface area contributed by atoms with Crippen molar-refractivity contribution in [3.63, 3.8) is 0 Å². The van der Waals surface area contributed by atoms with Crippen LogP contribution in [-0.4, -0.2) is 61.1 Å². The fourth-order valence-corrected chi connectivity index (χ4v) is 4.31. The zero-order chi connectivity index (χ0) is 23.5. The third-order valence-electron chi connectivity index (χ3n) is 6.16. The second-order valence-electron chi connectivity index (χ2n) is 8.41. The lowest BCUT2D eigenvalue weighted by Gasteiger charge is -2.34. The molecule has 0 bridgehead atoms. The van der Waals surface area contributed by atoms with Crippen LogP contribution >= 0.6 is 0 Å². The Hall–Kier alpha value is -3.85. The number of aryl methyl sites for hydroxylation is 1. The molecule has 5 rings (SSSR count). The van der Waals surface area contributed by atoms with Crippen LogP contribution in [0.15, 0.2) is 71.8 Å². The molecule has 174 valence electrons. The number of hydrogen-bond donors (Lipinski definition) is 0. The second-order valence-corrected chi connectivity index (χ2v) is 8.41. The minimum atomic E-state index is -0.425. The van der Waals surface area contributed by atoms with Crippen molar-refractivity contribution < 1.29 is 9.18 Å². The Morgan fingerprint density at radius 2 is 1.74 bits per heavy atom. The van der Waals surface area contributed by atoms with E-state index >= 15 is 0 Å². The standard InChI is InChI=1S/C25H25FN6O2/c26-20-7-4-8-21(17-20)31-15-16-32-22(27-28-24(32)25(31)34)9-10-23(33)30-13-11-29(12-14-30)18-19-5-2-1-3-6-19/h1-8,15-17H,9-14,18H2. The summed E-state index contributed by atoms with van der Waals surface area (Å²) >= 11 is 0. The fraction of sp³-hybridized carbons (Fsp3) is 0.280. The molecule has 0 N–H and O–H groups in total. The average Bonchev–Trinajstić information content (AvgIpc) is 3.28. The number of carbonyl (C=O) groups is 1. The maximum Gasteiger partial charge on any atom is 0.300 e. The third-order valence-corrected chi connectivity index (χ3v) is 6.16. The van der Waals surface area contributed by atoms with Crippen molar-refractivity contribution in [3.8, 4) is 5.69 Å². The second kappa shape index (κ2) is 9.56. The van der Waals surface area contributed by atoms with Gasteiger partial charge in [0.25, 0.3) is 0 Å². The molecule has 2 aromatic heterocycles. The molecule has 0 atom stereocenters. The molecular weight excluding hydrogens is 435 g/mol. The van der Waals surface area contributed by atoms with Gasteiger partial charge in [-0.05, 0) is 23.8 Å². The van der Waals surface area contributed by atoms with E-state index in [1.54, 1.807) is 28.9 Å². The Bertz CT molecular complexity index is 1360. The molecule has 0 unspecified atom stereocenters. The van der Waals surface area contributed by atoms with Crippen LogP contribution < -0.4 is 5.56 Å². The van der Waals surface area contributed by atoms with E-state index in [4.69, 9.17) is 0 Å². The van der Waals surface area contributed by atoms with Crippen molar-refractivity contribution in [2.75, 3.05) is 26.2 Å². The predicted octanol–water partition coefficient (Wildman–Crippen LogP) is 2.30. The van der Waals surface area contributed by atoms with Crippen molar-refractivity contribution in [3.05, 3.63) is 94.5 Å². The van der Waals surface area contributed by atoms with E-state index < -0.39 is 11.4 Å². The number of hydrogen-bond acceptors (Lipinski definition) is 5. The molecule has 0 aliphatic carbocycles. The molecule has 34 heavy (non-hydrogen) atoms. The highest BCUT2D eigenvalue weighted by molar-refractivity contribution is 5.76. The molecule has 2 aromatic carbocycles. The number of amides is 1. The first kappa shape index (κ1) is 22.0. The highest BCUT2D eigenvalue weighted by atomic mass is 19.1. The molecule has 9 heteroatoms. The fourth-order valence-electron chi connectivity index (χ4n) is 4.31. The average molecular weight is 461 g/mol. The van der Waals surface area contributed by atoms with E-state index in [0.29, 0.717) is 37.4 Å². The molecule has 1 saturated heterocycles. The van der Waals surface area contributed by atoms with Crippen LogP contribution in [0.5, 0.6) is 0 Å². The van der Waals surface area contributed by atoms with Crippen LogP contribution in [0.2, 0.25) is 0 Å². The Morgan fingerprint density at radius 3 is 2.50 bits per heavy atom. The van der Waals surface area contributed by atoms with Gasteiger partial charge in [-0.3, -0.25) is 23.5 Å². The van der Waals surface area contributed by atoms with Crippen molar-refractivity contribution >= 4 is 11.6 Å². The van der Waals surface area contributed by atoms with Gasteiger partial charge in [0.1, 0.15) is 11.6 Å². The largest absolute Gasteiger partial charge is 0.340 e. The van der Waals surface area contributed by atoms with Gasteiger partial charge in [-0.25, -0.2) is 4.39 Å². The summed E-state index contributed by atoms with van der Waals surface area (Å²) in [7, 11) is 0. The number of rotatable bonds is 6. The number of aromatic nitrogens is 4. The predicted molar refractivity (Wildman–Crippen MR) is 125 cm³/mol. The van der Waals surface area contributed by atoms with Gasteiger partial charge in [0.05, 0.1) is 5.69 Å². The first-order chi connectivity index (χ1) is 16.6. The van der Waals surface area contributed by atoms with Gasteiger partial charge in [0, 0.05) is 58.0 Å². The van der Waals surface area contributed by atoms with Crippen molar-refractivity contribution in [1.29, 1.82) is 0 Å². The van der Waals surface area contributed by atoms with Crippen molar-refractivity contribution in [2.24, 2.45) is 0 Å². The van der Waals surface area contributed by atoms with Crippen molar-refractivity contribution in [1.82, 2.24) is 29.0 Å². The molecule has 1 amide bonds. The van der Waals surface area contributed by atoms with Crippen LogP contribution in [0, 0.1) is 5.82 Å². The smallest absolute Gasteiger partial charge is 0.300 e. The molecule has 0 saturated carbocycles. The number of carbonyl (C=O) groups excluding carboxylic acids is 1. The van der Waals surface area contributed by atoms with Crippen LogP contribution in [-0.2, 0) is 17.8 Å². The summed E-state index contributed by atoms with van der Waals surface area (Å²) in [5.74, 6) is 0.199. The quantitative estimate of drug-likeness (QED) is 0.441. The van der Waals surface area contributed by atoms with Crippen LogP contribution in [0.1, 0.15) is 17.8 Å². The maximum absolute atomic E-state index is 13.6. The zero-order valence-electron chi connectivity index (χ0n) is 18.7. The molecule has 3 heterocycles. The monoisotopic (exact) mass is 460 g/mol. The summed E-state index contributed by atoms with van der Waals surface area (Å²) in [4.78, 5) is 29.9. The number of benzene rings is 2. The van der Waals surface area contributed by atoms with Crippen LogP contribution in [0.4, 0.5) is 4.39 Å². The van der Waals surface area contributed by atoms with E-state index in [0.717, 1.165) is 19.6 Å². The van der Waals surface area contributed by atoms with Crippen LogP contribution in [0.3, 0.4) is 0 Å². The molecule has 1 aliphatic rings. The highest BCUT2D eigenvalue weighted by Crippen LogP contribution is 2.12. The Balaban J connectivity index is 1.20. The Labute approximate surface area is 195 Å². The zero-order valence-corrected chi connectivity index (χ0v) is 18.7. The van der Waals surface area contributed by atoms with Gasteiger partial charge in [0.15, 0.2) is 0 Å². The molecule has 1 fully saturated rings. The first-order valence-electron chi connectivity index (χ1n) is 11.3. The van der Waals surface area contributed by atoms with E-state index in [-0.39, 0.29) is 11.6 Å². The lowest BCUT2D eigenvalue weighted by atomic mass is 10.2. The third kappa shape index (κ3) is 4.60. The lowest BCUT2D eigenvalue weighted by Crippen LogP contribution is -2.48. The topological polar surface area (TPSA) is 75.7 Å². The molecule has 8 nitrogen and oxygen atoms in total. The van der Waals surface area contributed by atoms with Crippen LogP contribution in [0.25, 0.3) is 11.3 Å². The van der Waals surface area contributed by atoms with Crippen molar-refractivity contribution in [2.45, 2.75) is 19.4 Å². The van der Waals surface area contributed by atoms with Gasteiger partial charge in [-0.2, -0.15) is 0 Å². The highest BCUT2D eigenvalue weighted by Gasteiger charge is 2.22. The minimum Gasteiger partial charge on any atom is -0.340 e. The molecule has 4 aromatic rings. The van der Waals surface area contributed by atoms with E-state index in [2.05, 4.69) is 27.2 Å². The SMILES string of the molecule is O=C(CCc1nnc2c(=O)n(-c3cccc(F)c3)ccn12)N1CCN(Cc2ccccc2)CC1. The lowest BCUT2D eigenvalue weighted by molar-refractivity contribution is -0.133. The summed E-state index contributed by atoms with van der Waals surface area (Å²) in [5, 5.41) is 8.15. The molecule has 1 aliphatic heterocycles. The van der Waals surface area contributed by atoms with Gasteiger partial charge in [0.2, 0.25) is 11.6 Å². The summed E-state index contributed by atoms with van der Waals surface area (Å²) in [6.07, 6.45) is 3.91.